The van der Waals surface area contributed by atoms with Gasteiger partial charge in [-0.3, -0.25) is 4.79 Å². The Labute approximate surface area is 218 Å². The molecule has 3 aromatic rings. The van der Waals surface area contributed by atoms with Crippen LogP contribution in [0.5, 0.6) is 5.75 Å². The molecule has 0 saturated heterocycles. The molecule has 8 nitrogen and oxygen atoms in total. The molecular formula is C29H36N4O4. The number of benzene rings is 1. The van der Waals surface area contributed by atoms with Crippen molar-refractivity contribution >= 4 is 11.9 Å². The molecule has 196 valence electrons. The maximum absolute atomic E-state index is 12.7. The molecule has 8 heteroatoms. The summed E-state index contributed by atoms with van der Waals surface area (Å²) >= 11 is 0. The van der Waals surface area contributed by atoms with Crippen LogP contribution in [-0.2, 0) is 6.42 Å². The number of aromatic nitrogens is 3. The fourth-order valence-electron chi connectivity index (χ4n) is 5.12. The number of fused-ring (bicyclic) bond motifs is 3. The van der Waals surface area contributed by atoms with E-state index >= 15 is 0 Å². The van der Waals surface area contributed by atoms with E-state index in [9.17, 15) is 14.7 Å². The maximum Gasteiger partial charge on any atom is 0.341 e. The van der Waals surface area contributed by atoms with E-state index in [2.05, 4.69) is 55.6 Å². The van der Waals surface area contributed by atoms with Crippen LogP contribution in [0, 0.1) is 5.41 Å². The predicted molar refractivity (Wildman–Crippen MR) is 146 cm³/mol. The van der Waals surface area contributed by atoms with Crippen LogP contribution in [0.1, 0.15) is 69.4 Å². The second-order valence-electron chi connectivity index (χ2n) is 10.7. The van der Waals surface area contributed by atoms with E-state index in [0.29, 0.717) is 17.9 Å². The van der Waals surface area contributed by atoms with Crippen molar-refractivity contribution in [1.29, 1.82) is 0 Å². The molecule has 0 saturated carbocycles. The van der Waals surface area contributed by atoms with Gasteiger partial charge in [-0.05, 0) is 42.4 Å². The number of nitrogens with zero attached hydrogens (tertiary/aromatic N) is 4. The van der Waals surface area contributed by atoms with E-state index in [1.165, 1.54) is 12.3 Å². The van der Waals surface area contributed by atoms with Gasteiger partial charge in [-0.15, -0.1) is 0 Å². The maximum atomic E-state index is 12.7. The molecule has 4 rings (SSSR count). The van der Waals surface area contributed by atoms with Crippen LogP contribution in [0.2, 0.25) is 0 Å². The number of hydrogen-bond donors (Lipinski definition) is 1. The van der Waals surface area contributed by atoms with Crippen LogP contribution in [0.4, 0.5) is 5.95 Å². The summed E-state index contributed by atoms with van der Waals surface area (Å²) in [4.78, 5) is 35.9. The molecule has 0 fully saturated rings. The standard InChI is InChI=1S/C29H36N4O4/c1-7-9-32(10-8-2)28-30-15-19(16-31-28)21-11-18-12-26(29(3,4)5)33-17-22(27(35)36)24(34)14-23(33)20(18)13-25(21)37-6/h11,13-17,26H,7-10,12H2,1-6H3,(H,35,36). The number of carboxylic acids is 1. The Balaban J connectivity index is 1.84. The first-order chi connectivity index (χ1) is 17.6. The second kappa shape index (κ2) is 10.4. The van der Waals surface area contributed by atoms with Gasteiger partial charge in [0.05, 0.1) is 12.8 Å². The molecule has 1 aliphatic rings. The molecule has 1 atom stereocenters. The van der Waals surface area contributed by atoms with E-state index in [0.717, 1.165) is 54.1 Å². The summed E-state index contributed by atoms with van der Waals surface area (Å²) < 4.78 is 7.72. The minimum Gasteiger partial charge on any atom is -0.496 e. The fraction of sp³-hybridized carbons (Fsp3) is 0.448. The van der Waals surface area contributed by atoms with E-state index < -0.39 is 11.4 Å². The Bertz CT molecular complexity index is 1350. The lowest BCUT2D eigenvalue weighted by atomic mass is 9.78. The normalized spacial score (nSPS) is 14.6. The van der Waals surface area contributed by atoms with Crippen molar-refractivity contribution in [3.8, 4) is 28.1 Å². The number of pyridine rings is 1. The lowest BCUT2D eigenvalue weighted by Crippen LogP contribution is -2.32. The van der Waals surface area contributed by atoms with Crippen molar-refractivity contribution in [2.75, 3.05) is 25.1 Å². The minimum atomic E-state index is -1.22. The third-order valence-corrected chi connectivity index (χ3v) is 6.98. The Morgan fingerprint density at radius 3 is 2.30 bits per heavy atom. The van der Waals surface area contributed by atoms with Gasteiger partial charge in [0.15, 0.2) is 5.43 Å². The second-order valence-corrected chi connectivity index (χ2v) is 10.7. The Morgan fingerprint density at radius 1 is 1.11 bits per heavy atom. The molecule has 3 heterocycles. The molecule has 1 aromatic carbocycles. The van der Waals surface area contributed by atoms with Gasteiger partial charge in [0.1, 0.15) is 11.3 Å². The first-order valence-electron chi connectivity index (χ1n) is 12.9. The molecule has 1 N–H and O–H groups in total. The van der Waals surface area contributed by atoms with Crippen LogP contribution in [-0.4, -0.2) is 45.8 Å². The number of rotatable bonds is 8. The topological polar surface area (TPSA) is 97.5 Å². The Kier molecular flexibility index (Phi) is 7.39. The third-order valence-electron chi connectivity index (χ3n) is 6.98. The van der Waals surface area contributed by atoms with E-state index in [-0.39, 0.29) is 17.0 Å². The largest absolute Gasteiger partial charge is 0.496 e. The van der Waals surface area contributed by atoms with Crippen LogP contribution in [0.15, 0.2) is 41.6 Å². The number of ether oxygens (including phenoxy) is 1. The van der Waals surface area contributed by atoms with E-state index in [4.69, 9.17) is 4.74 Å². The summed E-state index contributed by atoms with van der Waals surface area (Å²) in [6.45, 7) is 12.5. The summed E-state index contributed by atoms with van der Waals surface area (Å²) in [5.74, 6) is 0.149. The Morgan fingerprint density at radius 2 is 1.76 bits per heavy atom. The van der Waals surface area contributed by atoms with Gasteiger partial charge in [-0.25, -0.2) is 14.8 Å². The van der Waals surface area contributed by atoms with Gasteiger partial charge >= 0.3 is 5.97 Å². The smallest absolute Gasteiger partial charge is 0.341 e. The highest BCUT2D eigenvalue weighted by atomic mass is 16.5. The number of carbonyl (C=O) groups is 1. The number of anilines is 1. The fourth-order valence-corrected chi connectivity index (χ4v) is 5.12. The first kappa shape index (κ1) is 26.4. The zero-order valence-corrected chi connectivity index (χ0v) is 22.5. The highest BCUT2D eigenvalue weighted by Crippen LogP contribution is 2.45. The van der Waals surface area contributed by atoms with Crippen LogP contribution in [0.25, 0.3) is 22.4 Å². The molecule has 0 radical (unpaired) electrons. The molecule has 0 amide bonds. The van der Waals surface area contributed by atoms with Crippen molar-refractivity contribution in [2.45, 2.75) is 59.9 Å². The van der Waals surface area contributed by atoms with Gasteiger partial charge in [0, 0.05) is 60.5 Å². The SMILES string of the molecule is CCCN(CCC)c1ncc(-c2cc3c(cc2OC)-c2cc(=O)c(C(=O)O)cn2C(C(C)(C)C)C3)cn1. The third kappa shape index (κ3) is 5.10. The van der Waals surface area contributed by atoms with Crippen molar-refractivity contribution in [2.24, 2.45) is 5.41 Å². The summed E-state index contributed by atoms with van der Waals surface area (Å²) in [6, 6.07) is 5.43. The average Bonchev–Trinajstić information content (AvgIpc) is 2.86. The lowest BCUT2D eigenvalue weighted by Gasteiger charge is -2.39. The van der Waals surface area contributed by atoms with Gasteiger partial charge in [-0.2, -0.15) is 0 Å². The predicted octanol–water partition coefficient (Wildman–Crippen LogP) is 5.45. The quantitative estimate of drug-likeness (QED) is 0.436. The van der Waals surface area contributed by atoms with Crippen molar-refractivity contribution in [3.63, 3.8) is 0 Å². The van der Waals surface area contributed by atoms with Crippen LogP contribution in [0.3, 0.4) is 0 Å². The minimum absolute atomic E-state index is 0.0368. The Hall–Kier alpha value is -3.68. The number of carboxylic acid groups (broad SMARTS) is 1. The van der Waals surface area contributed by atoms with Crippen molar-refractivity contribution in [3.05, 3.63) is 58.1 Å². The van der Waals surface area contributed by atoms with E-state index in [1.807, 2.05) is 23.0 Å². The monoisotopic (exact) mass is 504 g/mol. The van der Waals surface area contributed by atoms with Gasteiger partial charge in [0.25, 0.3) is 0 Å². The van der Waals surface area contributed by atoms with Gasteiger partial charge in [-0.1, -0.05) is 34.6 Å². The van der Waals surface area contributed by atoms with Crippen molar-refractivity contribution < 1.29 is 14.6 Å². The summed E-state index contributed by atoms with van der Waals surface area (Å²) in [5.41, 5.74) is 3.47. The molecule has 1 unspecified atom stereocenters. The molecular weight excluding hydrogens is 468 g/mol. The summed E-state index contributed by atoms with van der Waals surface area (Å²) in [5, 5.41) is 9.56. The summed E-state index contributed by atoms with van der Waals surface area (Å²) in [6.07, 6.45) is 7.90. The lowest BCUT2D eigenvalue weighted by molar-refractivity contribution is 0.0693. The van der Waals surface area contributed by atoms with Gasteiger partial charge < -0.3 is 19.3 Å². The molecule has 37 heavy (non-hydrogen) atoms. The number of hydrogen-bond acceptors (Lipinski definition) is 6. The molecule has 0 aliphatic carbocycles. The summed E-state index contributed by atoms with van der Waals surface area (Å²) in [7, 11) is 1.62. The highest BCUT2D eigenvalue weighted by molar-refractivity contribution is 5.88. The van der Waals surface area contributed by atoms with Crippen LogP contribution < -0.4 is 15.1 Å². The zero-order chi connectivity index (χ0) is 26.9. The average molecular weight is 505 g/mol. The van der Waals surface area contributed by atoms with Crippen LogP contribution >= 0.6 is 0 Å². The molecule has 0 bridgehead atoms. The number of methoxy groups -OCH3 is 1. The molecule has 2 aromatic heterocycles. The highest BCUT2D eigenvalue weighted by Gasteiger charge is 2.34. The van der Waals surface area contributed by atoms with E-state index in [1.54, 1.807) is 7.11 Å². The molecule has 0 spiro atoms. The van der Waals surface area contributed by atoms with Gasteiger partial charge in [0.2, 0.25) is 5.95 Å². The van der Waals surface area contributed by atoms with Crippen molar-refractivity contribution in [1.82, 2.24) is 14.5 Å². The first-order valence-corrected chi connectivity index (χ1v) is 12.9. The number of aromatic carboxylic acids is 1. The zero-order valence-electron chi connectivity index (χ0n) is 22.5. The molecule has 1 aliphatic heterocycles.